The van der Waals surface area contributed by atoms with Crippen molar-refractivity contribution < 1.29 is 19.1 Å². The maximum Gasteiger partial charge on any atom is 0.325 e. The molecule has 4 rings (SSSR count). The molecule has 31 heavy (non-hydrogen) atoms. The van der Waals surface area contributed by atoms with E-state index in [1.807, 2.05) is 44.2 Å². The number of imide groups is 1. The lowest BCUT2D eigenvalue weighted by Gasteiger charge is -2.22. The molecule has 1 aliphatic heterocycles. The summed E-state index contributed by atoms with van der Waals surface area (Å²) in [4.78, 5) is 43.3. The van der Waals surface area contributed by atoms with E-state index in [9.17, 15) is 14.4 Å². The van der Waals surface area contributed by atoms with Gasteiger partial charge in [0.2, 0.25) is 5.91 Å². The van der Waals surface area contributed by atoms with Gasteiger partial charge >= 0.3 is 6.03 Å². The number of amides is 4. The average Bonchev–Trinajstić information content (AvgIpc) is 3.22. The van der Waals surface area contributed by atoms with Crippen molar-refractivity contribution >= 4 is 44.5 Å². The number of hydrogen-bond acceptors (Lipinski definition) is 6. The highest BCUT2D eigenvalue weighted by molar-refractivity contribution is 7.22. The van der Waals surface area contributed by atoms with E-state index in [4.69, 9.17) is 4.74 Å². The van der Waals surface area contributed by atoms with E-state index in [2.05, 4.69) is 15.6 Å². The Bertz CT molecular complexity index is 1170. The highest BCUT2D eigenvalue weighted by atomic mass is 32.1. The first-order valence-corrected chi connectivity index (χ1v) is 10.7. The summed E-state index contributed by atoms with van der Waals surface area (Å²) < 4.78 is 6.35. The minimum Gasteiger partial charge on any atom is -0.494 e. The van der Waals surface area contributed by atoms with Crippen molar-refractivity contribution in [1.82, 2.24) is 15.2 Å². The number of aryl methyl sites for hydroxylation is 1. The molecular weight excluding hydrogens is 416 g/mol. The first-order chi connectivity index (χ1) is 14.8. The van der Waals surface area contributed by atoms with Gasteiger partial charge in [-0.15, -0.1) is 0 Å². The molecule has 0 aliphatic carbocycles. The number of benzene rings is 2. The van der Waals surface area contributed by atoms with Gasteiger partial charge in [-0.25, -0.2) is 9.78 Å². The van der Waals surface area contributed by atoms with Gasteiger partial charge in [-0.2, -0.15) is 0 Å². The molecule has 1 saturated heterocycles. The number of carbonyl (C=O) groups excluding carboxylic acids is 3. The summed E-state index contributed by atoms with van der Waals surface area (Å²) in [6.45, 7) is 5.65. The Hall–Kier alpha value is -3.46. The molecule has 0 radical (unpaired) electrons. The van der Waals surface area contributed by atoms with Gasteiger partial charge < -0.3 is 15.4 Å². The summed E-state index contributed by atoms with van der Waals surface area (Å²) in [5.74, 6) is -0.242. The van der Waals surface area contributed by atoms with Gasteiger partial charge in [0.1, 0.15) is 17.8 Å². The number of urea groups is 1. The van der Waals surface area contributed by atoms with Crippen molar-refractivity contribution in [2.75, 3.05) is 18.5 Å². The topological polar surface area (TPSA) is 101 Å². The SMILES string of the molecule is CCOc1ccc2nc(NC(=O)CN3C(=O)NC(C)(c4ccc(C)cc4)C3=O)sc2c1. The highest BCUT2D eigenvalue weighted by Crippen LogP contribution is 2.31. The lowest BCUT2D eigenvalue weighted by atomic mass is 9.91. The van der Waals surface area contributed by atoms with Crippen molar-refractivity contribution in [2.24, 2.45) is 0 Å². The van der Waals surface area contributed by atoms with E-state index >= 15 is 0 Å². The number of hydrogen-bond donors (Lipinski definition) is 2. The third kappa shape index (κ3) is 3.96. The number of ether oxygens (including phenoxy) is 1. The molecule has 8 nitrogen and oxygen atoms in total. The molecule has 0 bridgehead atoms. The lowest BCUT2D eigenvalue weighted by molar-refractivity contribution is -0.133. The third-order valence-electron chi connectivity index (χ3n) is 5.12. The molecule has 0 saturated carbocycles. The first-order valence-electron chi connectivity index (χ1n) is 9.84. The van der Waals surface area contributed by atoms with Crippen LogP contribution < -0.4 is 15.4 Å². The molecule has 4 amide bonds. The van der Waals surface area contributed by atoms with Crippen LogP contribution in [0.4, 0.5) is 9.93 Å². The normalized spacial score (nSPS) is 18.4. The zero-order valence-corrected chi connectivity index (χ0v) is 18.2. The average molecular weight is 439 g/mol. The largest absolute Gasteiger partial charge is 0.494 e. The Labute approximate surface area is 183 Å². The maximum atomic E-state index is 13.0. The zero-order valence-electron chi connectivity index (χ0n) is 17.4. The number of anilines is 1. The van der Waals surface area contributed by atoms with Crippen LogP contribution >= 0.6 is 11.3 Å². The predicted octanol–water partition coefficient (Wildman–Crippen LogP) is 3.41. The van der Waals surface area contributed by atoms with E-state index in [0.29, 0.717) is 17.3 Å². The molecule has 1 aliphatic rings. The molecule has 9 heteroatoms. The number of fused-ring (bicyclic) bond motifs is 1. The maximum absolute atomic E-state index is 13.0. The molecule has 1 fully saturated rings. The lowest BCUT2D eigenvalue weighted by Crippen LogP contribution is -2.42. The monoisotopic (exact) mass is 438 g/mol. The summed E-state index contributed by atoms with van der Waals surface area (Å²) in [6, 6.07) is 12.2. The molecule has 3 aromatic rings. The minimum absolute atomic E-state index is 0.391. The molecule has 1 aromatic heterocycles. The van der Waals surface area contributed by atoms with Crippen LogP contribution in [0.15, 0.2) is 42.5 Å². The van der Waals surface area contributed by atoms with Crippen molar-refractivity contribution in [3.63, 3.8) is 0 Å². The van der Waals surface area contributed by atoms with E-state index < -0.39 is 29.9 Å². The molecule has 2 N–H and O–H groups in total. The molecule has 1 unspecified atom stereocenters. The van der Waals surface area contributed by atoms with Crippen LogP contribution in [0.1, 0.15) is 25.0 Å². The Morgan fingerprint density at radius 1 is 1.23 bits per heavy atom. The van der Waals surface area contributed by atoms with Gasteiger partial charge in [0.15, 0.2) is 5.13 Å². The Morgan fingerprint density at radius 2 is 1.97 bits per heavy atom. The van der Waals surface area contributed by atoms with Crippen LogP contribution in [-0.2, 0) is 15.1 Å². The number of nitrogens with zero attached hydrogens (tertiary/aromatic N) is 2. The summed E-state index contributed by atoms with van der Waals surface area (Å²) in [6.07, 6.45) is 0. The Morgan fingerprint density at radius 3 is 2.68 bits per heavy atom. The number of rotatable bonds is 6. The van der Waals surface area contributed by atoms with Crippen LogP contribution in [-0.4, -0.2) is 40.9 Å². The fraction of sp³-hybridized carbons (Fsp3) is 0.273. The van der Waals surface area contributed by atoms with E-state index in [1.54, 1.807) is 19.1 Å². The first kappa shape index (κ1) is 20.8. The minimum atomic E-state index is -1.21. The standard InChI is InChI=1S/C22H22N4O4S/c1-4-30-15-9-10-16-17(11-15)31-20(23-16)24-18(27)12-26-19(28)22(3,25-21(26)29)14-7-5-13(2)6-8-14/h5-11H,4,12H2,1-3H3,(H,25,29)(H,23,24,27). The van der Waals surface area contributed by atoms with Crippen molar-refractivity contribution in [3.8, 4) is 5.75 Å². The number of thiazole rings is 1. The van der Waals surface area contributed by atoms with Gasteiger partial charge in [0.05, 0.1) is 16.8 Å². The zero-order chi connectivity index (χ0) is 22.2. The van der Waals surface area contributed by atoms with Gasteiger partial charge in [-0.05, 0) is 44.5 Å². The van der Waals surface area contributed by atoms with Gasteiger partial charge in [-0.3, -0.25) is 14.5 Å². The van der Waals surface area contributed by atoms with E-state index in [1.165, 1.54) is 11.3 Å². The fourth-order valence-corrected chi connectivity index (χ4v) is 4.35. The molecule has 160 valence electrons. The second-order valence-electron chi connectivity index (χ2n) is 7.44. The van der Waals surface area contributed by atoms with Crippen LogP contribution in [0.3, 0.4) is 0 Å². The van der Waals surface area contributed by atoms with E-state index in [-0.39, 0.29) is 0 Å². The van der Waals surface area contributed by atoms with Crippen molar-refractivity contribution in [2.45, 2.75) is 26.3 Å². The van der Waals surface area contributed by atoms with Gasteiger partial charge in [-0.1, -0.05) is 41.2 Å². The second-order valence-corrected chi connectivity index (χ2v) is 8.47. The molecule has 2 heterocycles. The fourth-order valence-electron chi connectivity index (χ4n) is 3.44. The van der Waals surface area contributed by atoms with Crippen LogP contribution in [0, 0.1) is 6.92 Å². The van der Waals surface area contributed by atoms with Gasteiger partial charge in [0.25, 0.3) is 5.91 Å². The van der Waals surface area contributed by atoms with Crippen LogP contribution in [0.5, 0.6) is 5.75 Å². The number of aromatic nitrogens is 1. The molecule has 1 atom stereocenters. The quantitative estimate of drug-likeness (QED) is 0.575. The molecule has 0 spiro atoms. The predicted molar refractivity (Wildman–Crippen MR) is 118 cm³/mol. The van der Waals surface area contributed by atoms with Crippen LogP contribution in [0.2, 0.25) is 0 Å². The molecule has 2 aromatic carbocycles. The number of nitrogens with one attached hydrogen (secondary N) is 2. The molecular formula is C22H22N4O4S. The number of carbonyl (C=O) groups is 3. The van der Waals surface area contributed by atoms with Crippen molar-refractivity contribution in [1.29, 1.82) is 0 Å². The highest BCUT2D eigenvalue weighted by Gasteiger charge is 2.49. The third-order valence-corrected chi connectivity index (χ3v) is 6.06. The smallest absolute Gasteiger partial charge is 0.325 e. The van der Waals surface area contributed by atoms with Crippen molar-refractivity contribution in [3.05, 3.63) is 53.6 Å². The summed E-state index contributed by atoms with van der Waals surface area (Å²) in [5, 5.41) is 5.78. The summed E-state index contributed by atoms with van der Waals surface area (Å²) in [5.41, 5.74) is 1.22. The Balaban J connectivity index is 1.47. The summed E-state index contributed by atoms with van der Waals surface area (Å²) >= 11 is 1.30. The second kappa shape index (κ2) is 7.99. The summed E-state index contributed by atoms with van der Waals surface area (Å²) in [7, 11) is 0. The van der Waals surface area contributed by atoms with Crippen LogP contribution in [0.25, 0.3) is 10.2 Å². The van der Waals surface area contributed by atoms with Gasteiger partial charge in [0, 0.05) is 0 Å². The Kier molecular flexibility index (Phi) is 5.36. The van der Waals surface area contributed by atoms with E-state index in [0.717, 1.165) is 26.4 Å².